The lowest BCUT2D eigenvalue weighted by Gasteiger charge is -1.99. The van der Waals surface area contributed by atoms with E-state index >= 15 is 0 Å². The molecular weight excluding hydrogens is 154 g/mol. The van der Waals surface area contributed by atoms with Gasteiger partial charge in [-0.15, -0.1) is 6.42 Å². The fourth-order valence-electron chi connectivity index (χ4n) is 0.847. The van der Waals surface area contributed by atoms with Crippen molar-refractivity contribution in [3.8, 4) is 12.3 Å². The van der Waals surface area contributed by atoms with Crippen LogP contribution < -0.4 is 5.73 Å². The van der Waals surface area contributed by atoms with E-state index in [1.807, 2.05) is 0 Å². The van der Waals surface area contributed by atoms with Gasteiger partial charge in [-0.2, -0.15) is 0 Å². The molecule has 0 aliphatic carbocycles. The fourth-order valence-corrected chi connectivity index (χ4v) is 0.847. The second-order valence-electron chi connectivity index (χ2n) is 2.25. The molecule has 3 nitrogen and oxygen atoms in total. The molecule has 3 heteroatoms. The molecule has 0 unspecified atom stereocenters. The maximum absolute atomic E-state index is 10.5. The van der Waals surface area contributed by atoms with Crippen LogP contribution in [0.25, 0.3) is 0 Å². The minimum absolute atomic E-state index is 0.0778. The van der Waals surface area contributed by atoms with Crippen molar-refractivity contribution in [1.29, 1.82) is 0 Å². The number of nitrogens with two attached hydrogens (primary N) is 1. The van der Waals surface area contributed by atoms with Crippen molar-refractivity contribution in [3.05, 3.63) is 29.3 Å². The van der Waals surface area contributed by atoms with Gasteiger partial charge in [-0.1, -0.05) is 5.92 Å². The number of carboxylic acids is 1. The van der Waals surface area contributed by atoms with Crippen molar-refractivity contribution in [2.45, 2.75) is 0 Å². The molecule has 0 atom stereocenters. The van der Waals surface area contributed by atoms with Gasteiger partial charge in [0.2, 0.25) is 0 Å². The summed E-state index contributed by atoms with van der Waals surface area (Å²) in [5.74, 6) is 1.32. The Morgan fingerprint density at radius 2 is 2.25 bits per heavy atom. The maximum atomic E-state index is 10.5. The highest BCUT2D eigenvalue weighted by molar-refractivity contribution is 5.93. The lowest BCUT2D eigenvalue weighted by atomic mass is 10.1. The number of rotatable bonds is 1. The van der Waals surface area contributed by atoms with Crippen LogP contribution in [0.1, 0.15) is 15.9 Å². The Morgan fingerprint density at radius 3 is 2.67 bits per heavy atom. The molecule has 0 heterocycles. The first-order valence-electron chi connectivity index (χ1n) is 3.24. The molecule has 0 aliphatic heterocycles. The predicted octanol–water partition coefficient (Wildman–Crippen LogP) is 0.948. The molecule has 1 aromatic rings. The molecule has 0 radical (unpaired) electrons. The summed E-state index contributed by atoms with van der Waals surface area (Å²) in [4.78, 5) is 10.5. The maximum Gasteiger partial charge on any atom is 0.337 e. The molecule has 0 saturated heterocycles. The third kappa shape index (κ3) is 1.38. The van der Waals surface area contributed by atoms with Crippen LogP contribution in [0, 0.1) is 12.3 Å². The number of hydrogen-bond acceptors (Lipinski definition) is 2. The average molecular weight is 161 g/mol. The van der Waals surface area contributed by atoms with Crippen molar-refractivity contribution in [1.82, 2.24) is 0 Å². The third-order valence-corrected chi connectivity index (χ3v) is 1.45. The topological polar surface area (TPSA) is 63.3 Å². The number of nitrogen functional groups attached to an aromatic ring is 1. The van der Waals surface area contributed by atoms with Gasteiger partial charge in [0.15, 0.2) is 0 Å². The summed E-state index contributed by atoms with van der Waals surface area (Å²) >= 11 is 0. The molecule has 3 N–H and O–H groups in total. The smallest absolute Gasteiger partial charge is 0.337 e. The van der Waals surface area contributed by atoms with E-state index in [1.54, 1.807) is 6.07 Å². The van der Waals surface area contributed by atoms with Crippen LogP contribution >= 0.6 is 0 Å². The largest absolute Gasteiger partial charge is 0.478 e. The molecule has 0 aliphatic rings. The summed E-state index contributed by atoms with van der Waals surface area (Å²) in [6.07, 6.45) is 5.09. The molecule has 60 valence electrons. The number of anilines is 1. The minimum Gasteiger partial charge on any atom is -0.478 e. The van der Waals surface area contributed by atoms with Gasteiger partial charge in [0, 0.05) is 11.3 Å². The SMILES string of the molecule is C#Cc1ccc(C(=O)O)c(N)c1. The van der Waals surface area contributed by atoms with E-state index in [1.165, 1.54) is 12.1 Å². The lowest BCUT2D eigenvalue weighted by molar-refractivity contribution is 0.0698. The summed E-state index contributed by atoms with van der Waals surface area (Å²) in [5, 5.41) is 8.60. The predicted molar refractivity (Wildman–Crippen MR) is 45.7 cm³/mol. The number of terminal acetylenes is 1. The Kier molecular flexibility index (Phi) is 2.02. The highest BCUT2D eigenvalue weighted by atomic mass is 16.4. The zero-order valence-electron chi connectivity index (χ0n) is 6.24. The first-order valence-corrected chi connectivity index (χ1v) is 3.24. The second kappa shape index (κ2) is 2.97. The Balaban J connectivity index is 3.23. The van der Waals surface area contributed by atoms with E-state index in [9.17, 15) is 4.79 Å². The van der Waals surface area contributed by atoms with Crippen LogP contribution in [0.4, 0.5) is 5.69 Å². The van der Waals surface area contributed by atoms with Gasteiger partial charge in [0.25, 0.3) is 0 Å². The molecule has 1 aromatic carbocycles. The first kappa shape index (κ1) is 8.15. The van der Waals surface area contributed by atoms with Crippen molar-refractivity contribution in [3.63, 3.8) is 0 Å². The lowest BCUT2D eigenvalue weighted by Crippen LogP contribution is -2.02. The Labute approximate surface area is 69.8 Å². The van der Waals surface area contributed by atoms with Crippen molar-refractivity contribution >= 4 is 11.7 Å². The number of hydrogen-bond donors (Lipinski definition) is 2. The minimum atomic E-state index is -1.05. The van der Waals surface area contributed by atoms with Gasteiger partial charge in [-0.05, 0) is 18.2 Å². The summed E-state index contributed by atoms with van der Waals surface area (Å²) in [5.41, 5.74) is 6.27. The number of carbonyl (C=O) groups is 1. The van der Waals surface area contributed by atoms with Gasteiger partial charge in [-0.3, -0.25) is 0 Å². The molecule has 0 bridgehead atoms. The summed E-state index contributed by atoms with van der Waals surface area (Å²) < 4.78 is 0. The van der Waals surface area contributed by atoms with E-state index in [4.69, 9.17) is 17.3 Å². The molecular formula is C9H7NO2. The van der Waals surface area contributed by atoms with Crippen molar-refractivity contribution < 1.29 is 9.90 Å². The Morgan fingerprint density at radius 1 is 1.58 bits per heavy atom. The van der Waals surface area contributed by atoms with Gasteiger partial charge in [-0.25, -0.2) is 4.79 Å². The quantitative estimate of drug-likeness (QED) is 0.476. The van der Waals surface area contributed by atoms with Crippen LogP contribution in [0.3, 0.4) is 0 Å². The summed E-state index contributed by atoms with van der Waals surface area (Å²) in [7, 11) is 0. The van der Waals surface area contributed by atoms with Gasteiger partial charge in [0.1, 0.15) is 0 Å². The van der Waals surface area contributed by atoms with E-state index in [2.05, 4.69) is 5.92 Å². The summed E-state index contributed by atoms with van der Waals surface area (Å²) in [6.45, 7) is 0. The van der Waals surface area contributed by atoms with E-state index in [0.717, 1.165) is 0 Å². The molecule has 1 rings (SSSR count). The standard InChI is InChI=1S/C9H7NO2/c1-2-6-3-4-7(9(11)12)8(10)5-6/h1,3-5H,10H2,(H,11,12). The van der Waals surface area contributed by atoms with E-state index < -0.39 is 5.97 Å². The molecule has 0 fully saturated rings. The van der Waals surface area contributed by atoms with Gasteiger partial charge in [0.05, 0.1) is 5.56 Å². The Bertz CT molecular complexity index is 363. The molecule has 0 spiro atoms. The summed E-state index contributed by atoms with van der Waals surface area (Å²) in [6, 6.07) is 4.40. The van der Waals surface area contributed by atoms with Crippen molar-refractivity contribution in [2.24, 2.45) is 0 Å². The monoisotopic (exact) mass is 161 g/mol. The van der Waals surface area contributed by atoms with Crippen LogP contribution in [0.15, 0.2) is 18.2 Å². The molecule has 0 saturated carbocycles. The molecule has 0 aromatic heterocycles. The zero-order valence-corrected chi connectivity index (χ0v) is 6.24. The van der Waals surface area contributed by atoms with Crippen LogP contribution in [0.2, 0.25) is 0 Å². The molecule has 0 amide bonds. The second-order valence-corrected chi connectivity index (χ2v) is 2.25. The normalized spacial score (nSPS) is 8.92. The van der Waals surface area contributed by atoms with Gasteiger partial charge >= 0.3 is 5.97 Å². The third-order valence-electron chi connectivity index (χ3n) is 1.45. The van der Waals surface area contributed by atoms with Crippen LogP contribution in [-0.2, 0) is 0 Å². The number of carboxylic acid groups (broad SMARTS) is 1. The first-order chi connectivity index (χ1) is 5.65. The number of aromatic carboxylic acids is 1. The number of benzene rings is 1. The zero-order chi connectivity index (χ0) is 9.14. The van der Waals surface area contributed by atoms with E-state index in [-0.39, 0.29) is 11.3 Å². The highest BCUT2D eigenvalue weighted by Gasteiger charge is 2.06. The fraction of sp³-hybridized carbons (Fsp3) is 0. The van der Waals surface area contributed by atoms with Crippen molar-refractivity contribution in [2.75, 3.05) is 5.73 Å². The highest BCUT2D eigenvalue weighted by Crippen LogP contribution is 2.13. The van der Waals surface area contributed by atoms with E-state index in [0.29, 0.717) is 5.56 Å². The average Bonchev–Trinajstić information content (AvgIpc) is 2.03. The van der Waals surface area contributed by atoms with Crippen LogP contribution in [0.5, 0.6) is 0 Å². The Hall–Kier alpha value is -1.95. The molecule has 12 heavy (non-hydrogen) atoms. The van der Waals surface area contributed by atoms with Gasteiger partial charge < -0.3 is 10.8 Å². The van der Waals surface area contributed by atoms with Crippen LogP contribution in [-0.4, -0.2) is 11.1 Å².